The van der Waals surface area contributed by atoms with Crippen molar-refractivity contribution >= 4 is 12.0 Å². The standard InChI is InChI=1S/C16H20N2O3/c1-11(2)9-17(3)16(21)18-10-13-7-5-4-6-12(13)8-14(18)15(19)20/h4-7,14H,1,8-10H2,2-3H3,(H,19,20). The Morgan fingerprint density at radius 3 is 2.57 bits per heavy atom. The maximum atomic E-state index is 12.5. The number of carboxylic acid groups (broad SMARTS) is 1. The highest BCUT2D eigenvalue weighted by molar-refractivity contribution is 5.83. The van der Waals surface area contributed by atoms with E-state index in [1.165, 1.54) is 9.80 Å². The van der Waals surface area contributed by atoms with E-state index >= 15 is 0 Å². The Hall–Kier alpha value is -2.30. The summed E-state index contributed by atoms with van der Waals surface area (Å²) >= 11 is 0. The molecular formula is C16H20N2O3. The van der Waals surface area contributed by atoms with Crippen molar-refractivity contribution in [3.8, 4) is 0 Å². The zero-order valence-corrected chi connectivity index (χ0v) is 12.4. The van der Waals surface area contributed by atoms with Crippen LogP contribution in [-0.4, -0.2) is 46.5 Å². The lowest BCUT2D eigenvalue weighted by atomic mass is 9.94. The van der Waals surface area contributed by atoms with Crippen LogP contribution in [0, 0.1) is 0 Å². The number of carbonyl (C=O) groups is 2. The number of aliphatic carboxylic acids is 1. The Morgan fingerprint density at radius 1 is 1.38 bits per heavy atom. The molecule has 0 aromatic heterocycles. The molecule has 1 aromatic carbocycles. The molecule has 0 radical (unpaired) electrons. The van der Waals surface area contributed by atoms with E-state index in [1.54, 1.807) is 7.05 Å². The zero-order chi connectivity index (χ0) is 15.6. The monoisotopic (exact) mass is 288 g/mol. The fourth-order valence-electron chi connectivity index (χ4n) is 2.64. The smallest absolute Gasteiger partial charge is 0.326 e. The molecule has 5 nitrogen and oxygen atoms in total. The Balaban J connectivity index is 2.26. The van der Waals surface area contributed by atoms with Crippen molar-refractivity contribution in [3.05, 3.63) is 47.5 Å². The van der Waals surface area contributed by atoms with Gasteiger partial charge in [0.2, 0.25) is 0 Å². The second-order valence-corrected chi connectivity index (χ2v) is 5.55. The molecule has 0 fully saturated rings. The average molecular weight is 288 g/mol. The first kappa shape index (κ1) is 15.1. The van der Waals surface area contributed by atoms with Gasteiger partial charge in [0.05, 0.1) is 0 Å². The SMILES string of the molecule is C=C(C)CN(C)C(=O)N1Cc2ccccc2CC1C(=O)O. The van der Waals surface area contributed by atoms with Gasteiger partial charge in [0.1, 0.15) is 6.04 Å². The molecule has 0 aliphatic carbocycles. The largest absolute Gasteiger partial charge is 0.480 e. The molecule has 1 aliphatic heterocycles. The number of carboxylic acids is 1. The lowest BCUT2D eigenvalue weighted by molar-refractivity contribution is -0.142. The van der Waals surface area contributed by atoms with E-state index in [1.807, 2.05) is 31.2 Å². The summed E-state index contributed by atoms with van der Waals surface area (Å²) in [6.07, 6.45) is 0.345. The molecule has 0 saturated heterocycles. The Morgan fingerprint density at radius 2 is 2.00 bits per heavy atom. The van der Waals surface area contributed by atoms with Crippen molar-refractivity contribution in [1.82, 2.24) is 9.80 Å². The highest BCUT2D eigenvalue weighted by atomic mass is 16.4. The number of hydrogen-bond acceptors (Lipinski definition) is 2. The molecule has 1 heterocycles. The van der Waals surface area contributed by atoms with Crippen LogP contribution in [0.3, 0.4) is 0 Å². The summed E-state index contributed by atoms with van der Waals surface area (Å²) in [6.45, 7) is 6.37. The molecule has 2 rings (SSSR count). The van der Waals surface area contributed by atoms with Crippen LogP contribution < -0.4 is 0 Å². The third-order valence-corrected chi connectivity index (χ3v) is 3.61. The Bertz CT molecular complexity index is 583. The number of benzene rings is 1. The normalized spacial score (nSPS) is 17.0. The molecule has 0 bridgehead atoms. The molecule has 1 aliphatic rings. The molecule has 1 aromatic rings. The molecule has 1 N–H and O–H groups in total. The van der Waals surface area contributed by atoms with E-state index in [4.69, 9.17) is 0 Å². The number of fused-ring (bicyclic) bond motifs is 1. The van der Waals surface area contributed by atoms with Gasteiger partial charge in [-0.2, -0.15) is 0 Å². The van der Waals surface area contributed by atoms with Gasteiger partial charge >= 0.3 is 12.0 Å². The van der Waals surface area contributed by atoms with Gasteiger partial charge in [-0.15, -0.1) is 0 Å². The second kappa shape index (κ2) is 5.99. The number of rotatable bonds is 3. The molecule has 112 valence electrons. The van der Waals surface area contributed by atoms with Crippen LogP contribution in [0.5, 0.6) is 0 Å². The fourth-order valence-corrected chi connectivity index (χ4v) is 2.64. The first-order valence-electron chi connectivity index (χ1n) is 6.86. The predicted molar refractivity (Wildman–Crippen MR) is 80.0 cm³/mol. The van der Waals surface area contributed by atoms with Crippen LogP contribution in [-0.2, 0) is 17.8 Å². The van der Waals surface area contributed by atoms with Gasteiger partial charge in [-0.1, -0.05) is 36.4 Å². The third-order valence-electron chi connectivity index (χ3n) is 3.61. The van der Waals surface area contributed by atoms with Gasteiger partial charge < -0.3 is 14.9 Å². The number of likely N-dealkylation sites (N-methyl/N-ethyl adjacent to an activating group) is 1. The maximum absolute atomic E-state index is 12.5. The molecule has 5 heteroatoms. The van der Waals surface area contributed by atoms with Crippen molar-refractivity contribution in [2.45, 2.75) is 25.9 Å². The lowest BCUT2D eigenvalue weighted by Gasteiger charge is -2.36. The molecule has 1 atom stereocenters. The summed E-state index contributed by atoms with van der Waals surface area (Å²) in [6, 6.07) is 6.56. The molecule has 0 saturated carbocycles. The van der Waals surface area contributed by atoms with Crippen molar-refractivity contribution in [2.75, 3.05) is 13.6 Å². The topological polar surface area (TPSA) is 60.9 Å². The van der Waals surface area contributed by atoms with E-state index in [0.717, 1.165) is 16.7 Å². The summed E-state index contributed by atoms with van der Waals surface area (Å²) in [5, 5.41) is 9.42. The molecule has 2 amide bonds. The molecular weight excluding hydrogens is 268 g/mol. The van der Waals surface area contributed by atoms with Crippen LogP contribution in [0.4, 0.5) is 4.79 Å². The zero-order valence-electron chi connectivity index (χ0n) is 12.4. The fraction of sp³-hybridized carbons (Fsp3) is 0.375. The first-order chi connectivity index (χ1) is 9.90. The predicted octanol–water partition coefficient (Wildman–Crippen LogP) is 2.13. The summed E-state index contributed by atoms with van der Waals surface area (Å²) < 4.78 is 0. The summed E-state index contributed by atoms with van der Waals surface area (Å²) in [5.74, 6) is -0.971. The molecule has 0 spiro atoms. The van der Waals surface area contributed by atoms with Crippen molar-refractivity contribution < 1.29 is 14.7 Å². The average Bonchev–Trinajstić information content (AvgIpc) is 2.44. The highest BCUT2D eigenvalue weighted by Crippen LogP contribution is 2.24. The van der Waals surface area contributed by atoms with Crippen LogP contribution in [0.1, 0.15) is 18.1 Å². The van der Waals surface area contributed by atoms with Gasteiger partial charge in [-0.05, 0) is 18.1 Å². The minimum absolute atomic E-state index is 0.278. The maximum Gasteiger partial charge on any atom is 0.326 e. The summed E-state index contributed by atoms with van der Waals surface area (Å²) in [7, 11) is 1.66. The highest BCUT2D eigenvalue weighted by Gasteiger charge is 2.35. The van der Waals surface area contributed by atoms with E-state index in [9.17, 15) is 14.7 Å². The van der Waals surface area contributed by atoms with Gasteiger partial charge in [-0.3, -0.25) is 0 Å². The minimum Gasteiger partial charge on any atom is -0.480 e. The van der Waals surface area contributed by atoms with Gasteiger partial charge in [-0.25, -0.2) is 9.59 Å². The number of hydrogen-bond donors (Lipinski definition) is 1. The van der Waals surface area contributed by atoms with Gasteiger partial charge in [0.25, 0.3) is 0 Å². The second-order valence-electron chi connectivity index (χ2n) is 5.55. The van der Waals surface area contributed by atoms with Crippen LogP contribution in [0.15, 0.2) is 36.4 Å². The number of urea groups is 1. The Labute approximate surface area is 124 Å². The van der Waals surface area contributed by atoms with E-state index < -0.39 is 12.0 Å². The van der Waals surface area contributed by atoms with Crippen LogP contribution in [0.2, 0.25) is 0 Å². The third kappa shape index (κ3) is 3.24. The summed E-state index contributed by atoms with van der Waals surface area (Å²) in [4.78, 5) is 26.9. The number of amides is 2. The quantitative estimate of drug-likeness (QED) is 0.867. The van der Waals surface area contributed by atoms with E-state index in [-0.39, 0.29) is 6.03 Å². The van der Waals surface area contributed by atoms with E-state index in [2.05, 4.69) is 6.58 Å². The van der Waals surface area contributed by atoms with Crippen molar-refractivity contribution in [2.24, 2.45) is 0 Å². The van der Waals surface area contributed by atoms with E-state index in [0.29, 0.717) is 19.5 Å². The van der Waals surface area contributed by atoms with Crippen LogP contribution in [0.25, 0.3) is 0 Å². The molecule has 21 heavy (non-hydrogen) atoms. The van der Waals surface area contributed by atoms with Crippen molar-refractivity contribution in [3.63, 3.8) is 0 Å². The number of carbonyl (C=O) groups excluding carboxylic acids is 1. The Kier molecular flexibility index (Phi) is 4.31. The molecule has 1 unspecified atom stereocenters. The van der Waals surface area contributed by atoms with Crippen LogP contribution >= 0.6 is 0 Å². The number of nitrogens with zero attached hydrogens (tertiary/aromatic N) is 2. The van der Waals surface area contributed by atoms with Crippen molar-refractivity contribution in [1.29, 1.82) is 0 Å². The van der Waals surface area contributed by atoms with Gasteiger partial charge in [0.15, 0.2) is 0 Å². The first-order valence-corrected chi connectivity index (χ1v) is 6.86. The van der Waals surface area contributed by atoms with Gasteiger partial charge in [0, 0.05) is 26.6 Å². The lowest BCUT2D eigenvalue weighted by Crippen LogP contribution is -2.52. The minimum atomic E-state index is -0.971. The summed E-state index contributed by atoms with van der Waals surface area (Å²) in [5.41, 5.74) is 2.86.